The number of benzene rings is 1. The first-order valence-corrected chi connectivity index (χ1v) is 11.6. The van der Waals surface area contributed by atoms with Crippen LogP contribution in [0, 0.1) is 0 Å². The van der Waals surface area contributed by atoms with Gasteiger partial charge >= 0.3 is 5.97 Å². The summed E-state index contributed by atoms with van der Waals surface area (Å²) in [4.78, 5) is 44.6. The Morgan fingerprint density at radius 1 is 1.00 bits per heavy atom. The van der Waals surface area contributed by atoms with Gasteiger partial charge in [-0.1, -0.05) is 24.6 Å². The topological polar surface area (TPSA) is 228 Å². The van der Waals surface area contributed by atoms with Crippen molar-refractivity contribution in [3.05, 3.63) is 36.0 Å². The van der Waals surface area contributed by atoms with Gasteiger partial charge in [0.05, 0.1) is 6.04 Å². The maximum absolute atomic E-state index is 13.1. The maximum atomic E-state index is 13.1. The van der Waals surface area contributed by atoms with Crippen molar-refractivity contribution >= 4 is 34.6 Å². The van der Waals surface area contributed by atoms with Crippen molar-refractivity contribution < 1.29 is 19.5 Å². The monoisotopic (exact) mass is 488 g/mol. The number of carbonyl (C=O) groups excluding carboxylic acids is 2. The van der Waals surface area contributed by atoms with Crippen molar-refractivity contribution in [1.29, 1.82) is 0 Å². The number of unbranched alkanes of at least 4 members (excludes halogenated alkanes) is 1. The molecule has 12 nitrogen and oxygen atoms in total. The third-order valence-electron chi connectivity index (χ3n) is 5.60. The number of aliphatic carboxylic acids is 1. The average molecular weight is 489 g/mol. The number of nitrogens with two attached hydrogens (primary N) is 4. The van der Waals surface area contributed by atoms with E-state index in [-0.39, 0.29) is 25.3 Å². The standard InChI is InChI=1S/C23H36N8O4/c24-10-4-3-7-16(25)20(32)30-18(9-5-11-28-23(26)27)21(33)31-19(22(34)35)12-14-13-29-17-8-2-1-6-15(14)17/h1-2,6,8,13,16,18-19,29H,3-5,7,9-12,24-25H2,(H,30,32)(H,31,33)(H,34,35)(H4,26,27,28). The van der Waals surface area contributed by atoms with Crippen molar-refractivity contribution in [1.82, 2.24) is 15.6 Å². The van der Waals surface area contributed by atoms with Gasteiger partial charge in [0.25, 0.3) is 0 Å². The zero-order valence-corrected chi connectivity index (χ0v) is 19.7. The number of aromatic amines is 1. The first-order valence-electron chi connectivity index (χ1n) is 11.6. The Hall–Kier alpha value is -3.64. The van der Waals surface area contributed by atoms with Gasteiger partial charge in [0.15, 0.2) is 5.96 Å². The van der Waals surface area contributed by atoms with E-state index in [1.54, 1.807) is 6.20 Å². The molecular formula is C23H36N8O4. The van der Waals surface area contributed by atoms with Crippen LogP contribution >= 0.6 is 0 Å². The first kappa shape index (κ1) is 27.6. The summed E-state index contributed by atoms with van der Waals surface area (Å²) in [7, 11) is 0. The van der Waals surface area contributed by atoms with Crippen molar-refractivity contribution in [2.24, 2.45) is 27.9 Å². The number of carbonyl (C=O) groups is 3. The van der Waals surface area contributed by atoms with Gasteiger partial charge in [-0.15, -0.1) is 0 Å². The van der Waals surface area contributed by atoms with Crippen LogP contribution in [0.15, 0.2) is 35.5 Å². The van der Waals surface area contributed by atoms with E-state index in [0.29, 0.717) is 25.8 Å². The summed E-state index contributed by atoms with van der Waals surface area (Å²) in [5.74, 6) is -2.38. The molecule has 35 heavy (non-hydrogen) atoms. The van der Waals surface area contributed by atoms with E-state index < -0.39 is 35.9 Å². The fraction of sp³-hybridized carbons (Fsp3) is 0.478. The summed E-state index contributed by atoms with van der Waals surface area (Å²) in [6.07, 6.45) is 4.21. The minimum atomic E-state index is -1.20. The lowest BCUT2D eigenvalue weighted by molar-refractivity contribution is -0.142. The van der Waals surface area contributed by atoms with E-state index in [2.05, 4.69) is 20.6 Å². The van der Waals surface area contributed by atoms with Crippen molar-refractivity contribution in [3.63, 3.8) is 0 Å². The molecule has 0 aliphatic carbocycles. The number of nitrogens with one attached hydrogen (secondary N) is 3. The van der Waals surface area contributed by atoms with Crippen LogP contribution in [-0.2, 0) is 20.8 Å². The fourth-order valence-corrected chi connectivity index (χ4v) is 3.68. The Morgan fingerprint density at radius 2 is 1.71 bits per heavy atom. The zero-order valence-electron chi connectivity index (χ0n) is 19.7. The van der Waals surface area contributed by atoms with Crippen LogP contribution in [0.1, 0.15) is 37.7 Å². The highest BCUT2D eigenvalue weighted by molar-refractivity contribution is 5.92. The smallest absolute Gasteiger partial charge is 0.326 e. The van der Waals surface area contributed by atoms with Gasteiger partial charge in [-0.25, -0.2) is 4.79 Å². The van der Waals surface area contributed by atoms with E-state index >= 15 is 0 Å². The number of fused-ring (bicyclic) bond motifs is 1. The Bertz CT molecular complexity index is 1020. The summed E-state index contributed by atoms with van der Waals surface area (Å²) in [5, 5.41) is 15.8. The predicted octanol–water partition coefficient (Wildman–Crippen LogP) is -0.725. The van der Waals surface area contributed by atoms with Gasteiger partial charge < -0.3 is 43.7 Å². The van der Waals surface area contributed by atoms with Crippen molar-refractivity contribution in [2.45, 2.75) is 56.7 Å². The number of amides is 2. The molecule has 0 bridgehead atoms. The molecule has 2 rings (SSSR count). The molecule has 0 aliphatic rings. The SMILES string of the molecule is NCCCCC(N)C(=O)NC(CCCN=C(N)N)C(=O)NC(Cc1c[nH]c2ccccc12)C(=O)O. The molecule has 1 aromatic carbocycles. The third kappa shape index (κ3) is 8.91. The molecule has 3 unspecified atom stereocenters. The molecule has 0 aliphatic heterocycles. The number of hydrogen-bond acceptors (Lipinski definition) is 6. The van der Waals surface area contributed by atoms with Crippen LogP contribution < -0.4 is 33.6 Å². The van der Waals surface area contributed by atoms with Crippen LogP contribution in [0.4, 0.5) is 0 Å². The highest BCUT2D eigenvalue weighted by Crippen LogP contribution is 2.19. The van der Waals surface area contributed by atoms with Gasteiger partial charge in [-0.3, -0.25) is 14.6 Å². The number of rotatable bonds is 15. The largest absolute Gasteiger partial charge is 0.480 e. The Balaban J connectivity index is 2.10. The lowest BCUT2D eigenvalue weighted by Crippen LogP contribution is -2.54. The number of carboxylic acid groups (broad SMARTS) is 1. The second-order valence-electron chi connectivity index (χ2n) is 8.36. The van der Waals surface area contributed by atoms with Crippen LogP contribution in [-0.4, -0.2) is 65.0 Å². The van der Waals surface area contributed by atoms with Gasteiger partial charge in [0, 0.05) is 30.1 Å². The molecule has 12 N–H and O–H groups in total. The number of guanidine groups is 1. The van der Waals surface area contributed by atoms with E-state index in [9.17, 15) is 19.5 Å². The minimum absolute atomic E-state index is 0.0678. The molecule has 0 fully saturated rings. The molecule has 12 heteroatoms. The second-order valence-corrected chi connectivity index (χ2v) is 8.36. The molecular weight excluding hydrogens is 452 g/mol. The quantitative estimate of drug-likeness (QED) is 0.0903. The Morgan fingerprint density at radius 3 is 2.40 bits per heavy atom. The van der Waals surface area contributed by atoms with Gasteiger partial charge in [-0.2, -0.15) is 0 Å². The second kappa shape index (κ2) is 13.9. The normalized spacial score (nSPS) is 13.5. The highest BCUT2D eigenvalue weighted by Gasteiger charge is 2.28. The summed E-state index contributed by atoms with van der Waals surface area (Å²) < 4.78 is 0. The van der Waals surface area contributed by atoms with E-state index in [4.69, 9.17) is 22.9 Å². The molecule has 2 aromatic rings. The summed E-state index contributed by atoms with van der Waals surface area (Å²) in [6, 6.07) is 4.48. The first-order chi connectivity index (χ1) is 16.7. The Labute approximate surface area is 203 Å². The molecule has 0 saturated carbocycles. The molecule has 0 radical (unpaired) electrons. The number of para-hydroxylation sites is 1. The van der Waals surface area contributed by atoms with Gasteiger partial charge in [0.2, 0.25) is 11.8 Å². The van der Waals surface area contributed by atoms with Crippen LogP contribution in [0.25, 0.3) is 10.9 Å². The van der Waals surface area contributed by atoms with Crippen LogP contribution in [0.3, 0.4) is 0 Å². The van der Waals surface area contributed by atoms with Gasteiger partial charge in [0.1, 0.15) is 12.1 Å². The molecule has 1 aromatic heterocycles. The fourth-order valence-electron chi connectivity index (χ4n) is 3.68. The summed E-state index contributed by atoms with van der Waals surface area (Å²) in [6.45, 7) is 0.749. The number of aromatic nitrogens is 1. The van der Waals surface area contributed by atoms with Crippen molar-refractivity contribution in [2.75, 3.05) is 13.1 Å². The third-order valence-corrected chi connectivity index (χ3v) is 5.60. The lowest BCUT2D eigenvalue weighted by atomic mass is 10.0. The highest BCUT2D eigenvalue weighted by atomic mass is 16.4. The molecule has 3 atom stereocenters. The maximum Gasteiger partial charge on any atom is 0.326 e. The van der Waals surface area contributed by atoms with Gasteiger partial charge in [-0.05, 0) is 43.9 Å². The van der Waals surface area contributed by atoms with Crippen molar-refractivity contribution in [3.8, 4) is 0 Å². The molecule has 192 valence electrons. The zero-order chi connectivity index (χ0) is 25.8. The number of H-pyrrole nitrogens is 1. The number of nitrogens with zero attached hydrogens (tertiary/aromatic N) is 1. The molecule has 1 heterocycles. The lowest BCUT2D eigenvalue weighted by Gasteiger charge is -2.23. The van der Waals surface area contributed by atoms with Crippen LogP contribution in [0.2, 0.25) is 0 Å². The summed E-state index contributed by atoms with van der Waals surface area (Å²) in [5.41, 5.74) is 23.7. The number of aliphatic imine (C=N–C) groups is 1. The van der Waals surface area contributed by atoms with E-state index in [0.717, 1.165) is 22.9 Å². The summed E-state index contributed by atoms with van der Waals surface area (Å²) >= 11 is 0. The molecule has 0 saturated heterocycles. The number of carboxylic acids is 1. The van der Waals surface area contributed by atoms with E-state index in [1.165, 1.54) is 0 Å². The van der Waals surface area contributed by atoms with Crippen LogP contribution in [0.5, 0.6) is 0 Å². The average Bonchev–Trinajstić information content (AvgIpc) is 3.23. The minimum Gasteiger partial charge on any atom is -0.480 e. The molecule has 0 spiro atoms. The van der Waals surface area contributed by atoms with E-state index in [1.807, 2.05) is 24.3 Å². The predicted molar refractivity (Wildman–Crippen MR) is 134 cm³/mol. The number of hydrogen-bond donors (Lipinski definition) is 8. The molecule has 2 amide bonds. The Kier molecular flexibility index (Phi) is 11.0.